The molecule has 0 unspecified atom stereocenters. The number of rotatable bonds is 6. The molecule has 8 aromatic carbocycles. The summed E-state index contributed by atoms with van der Waals surface area (Å²) in [7, 11) is 0. The highest BCUT2D eigenvalue weighted by atomic mass is 15.0. The number of aromatic nitrogens is 5. The highest BCUT2D eigenvalue weighted by Gasteiger charge is 2.20. The zero-order valence-corrected chi connectivity index (χ0v) is 30.8. The Kier molecular flexibility index (Phi) is 7.74. The molecule has 0 bridgehead atoms. The quantitative estimate of drug-likeness (QED) is 0.160. The van der Waals surface area contributed by atoms with Crippen molar-refractivity contribution in [2.45, 2.75) is 0 Å². The average molecular weight is 728 g/mol. The van der Waals surface area contributed by atoms with Gasteiger partial charge in [0.2, 0.25) is 0 Å². The summed E-state index contributed by atoms with van der Waals surface area (Å²) in [6, 6.07) is 69.8. The van der Waals surface area contributed by atoms with Crippen LogP contribution in [0.25, 0.3) is 106 Å². The van der Waals surface area contributed by atoms with Crippen molar-refractivity contribution >= 4 is 43.5 Å². The lowest BCUT2D eigenvalue weighted by Crippen LogP contribution is -2.00. The molecular weight excluding hydrogens is 695 g/mol. The van der Waals surface area contributed by atoms with Crippen LogP contribution in [0.3, 0.4) is 0 Å². The molecule has 0 aliphatic heterocycles. The molecule has 0 atom stereocenters. The van der Waals surface area contributed by atoms with Gasteiger partial charge in [-0.1, -0.05) is 176 Å². The van der Waals surface area contributed by atoms with Crippen molar-refractivity contribution in [3.63, 3.8) is 0 Å². The van der Waals surface area contributed by atoms with Crippen LogP contribution in [0.1, 0.15) is 0 Å². The topological polar surface area (TPSA) is 56.5 Å². The Hall–Kier alpha value is -7.76. The summed E-state index contributed by atoms with van der Waals surface area (Å²) in [6.45, 7) is 0. The predicted octanol–water partition coefficient (Wildman–Crippen LogP) is 13.0. The highest BCUT2D eigenvalue weighted by Crippen LogP contribution is 2.41. The Balaban J connectivity index is 1.13. The van der Waals surface area contributed by atoms with Crippen molar-refractivity contribution < 1.29 is 0 Å². The van der Waals surface area contributed by atoms with Crippen LogP contribution in [-0.4, -0.2) is 24.5 Å². The standard InChI is InChI=1S/C52H33N5/c1-5-16-34(17-6-1)47-43-27-14-13-26-41(43)44-30-31-45-42-29-28-38(33-46(42)57(49(45)48(44)53-47)40-24-11-4-12-25-40)37-22-15-23-39(32-37)52-55-50(35-18-7-2-8-19-35)54-51(56-52)36-20-9-3-10-21-36/h1-33H. The van der Waals surface area contributed by atoms with Gasteiger partial charge in [-0.25, -0.2) is 19.9 Å². The fourth-order valence-electron chi connectivity index (χ4n) is 8.13. The predicted molar refractivity (Wildman–Crippen MR) is 234 cm³/mol. The van der Waals surface area contributed by atoms with Gasteiger partial charge in [0.25, 0.3) is 0 Å². The van der Waals surface area contributed by atoms with E-state index in [9.17, 15) is 0 Å². The average Bonchev–Trinajstić information content (AvgIpc) is 3.64. The van der Waals surface area contributed by atoms with Gasteiger partial charge in [-0.15, -0.1) is 0 Å². The molecule has 11 rings (SSSR count). The van der Waals surface area contributed by atoms with E-state index in [1.807, 2.05) is 60.7 Å². The molecule has 0 spiro atoms. The maximum atomic E-state index is 5.53. The fraction of sp³-hybridized carbons (Fsp3) is 0. The minimum absolute atomic E-state index is 0.628. The van der Waals surface area contributed by atoms with E-state index in [1.54, 1.807) is 0 Å². The maximum absolute atomic E-state index is 5.53. The Bertz CT molecular complexity index is 3210. The van der Waals surface area contributed by atoms with Gasteiger partial charge in [-0.2, -0.15) is 0 Å². The van der Waals surface area contributed by atoms with Gasteiger partial charge >= 0.3 is 0 Å². The third kappa shape index (κ3) is 5.64. The van der Waals surface area contributed by atoms with E-state index in [0.29, 0.717) is 17.5 Å². The number of nitrogens with zero attached hydrogens (tertiary/aromatic N) is 5. The SMILES string of the molecule is c1ccc(-c2nc(-c3ccccc3)nc(-c3cccc(-c4ccc5c6ccc7c8ccccc8c(-c8ccccc8)nc7c6n(-c6ccccc6)c5c4)c3)n2)cc1. The summed E-state index contributed by atoms with van der Waals surface area (Å²) >= 11 is 0. The van der Waals surface area contributed by atoms with Crippen LogP contribution in [-0.2, 0) is 0 Å². The Morgan fingerprint density at radius 2 is 0.789 bits per heavy atom. The minimum atomic E-state index is 0.628. The van der Waals surface area contributed by atoms with Crippen LogP contribution < -0.4 is 0 Å². The van der Waals surface area contributed by atoms with Crippen LogP contribution in [0.15, 0.2) is 200 Å². The van der Waals surface area contributed by atoms with E-state index in [-0.39, 0.29) is 0 Å². The summed E-state index contributed by atoms with van der Waals surface area (Å²) in [6.07, 6.45) is 0. The van der Waals surface area contributed by atoms with Crippen LogP contribution in [0.5, 0.6) is 0 Å². The molecular formula is C52H33N5. The number of pyridine rings is 1. The van der Waals surface area contributed by atoms with Crippen molar-refractivity contribution in [1.82, 2.24) is 24.5 Å². The number of hydrogen-bond donors (Lipinski definition) is 0. The Labute approximate surface area is 329 Å². The van der Waals surface area contributed by atoms with E-state index in [1.165, 1.54) is 10.8 Å². The molecule has 11 aromatic rings. The molecule has 5 nitrogen and oxygen atoms in total. The summed E-state index contributed by atoms with van der Waals surface area (Å²) in [5.41, 5.74) is 11.3. The summed E-state index contributed by atoms with van der Waals surface area (Å²) in [5, 5.41) is 5.80. The van der Waals surface area contributed by atoms with E-state index in [0.717, 1.165) is 77.5 Å². The summed E-state index contributed by atoms with van der Waals surface area (Å²) in [4.78, 5) is 20.5. The summed E-state index contributed by atoms with van der Waals surface area (Å²) in [5.74, 6) is 1.91. The highest BCUT2D eigenvalue weighted by molar-refractivity contribution is 6.23. The Morgan fingerprint density at radius 1 is 0.298 bits per heavy atom. The molecule has 0 amide bonds. The van der Waals surface area contributed by atoms with E-state index in [4.69, 9.17) is 19.9 Å². The van der Waals surface area contributed by atoms with Crippen molar-refractivity contribution in [2.24, 2.45) is 0 Å². The molecule has 266 valence electrons. The molecule has 0 aliphatic carbocycles. The Morgan fingerprint density at radius 3 is 1.46 bits per heavy atom. The first-order valence-electron chi connectivity index (χ1n) is 19.1. The largest absolute Gasteiger partial charge is 0.307 e. The van der Waals surface area contributed by atoms with Gasteiger partial charge in [0.05, 0.1) is 22.2 Å². The number of para-hydroxylation sites is 1. The first kappa shape index (κ1) is 32.7. The van der Waals surface area contributed by atoms with Gasteiger partial charge in [0.1, 0.15) is 0 Å². The van der Waals surface area contributed by atoms with E-state index in [2.05, 4.69) is 144 Å². The molecule has 0 saturated carbocycles. The maximum Gasteiger partial charge on any atom is 0.164 e. The molecule has 3 aromatic heterocycles. The smallest absolute Gasteiger partial charge is 0.164 e. The third-order valence-electron chi connectivity index (χ3n) is 10.8. The number of fused-ring (bicyclic) bond motifs is 7. The zero-order valence-electron chi connectivity index (χ0n) is 30.8. The van der Waals surface area contributed by atoms with Crippen LogP contribution >= 0.6 is 0 Å². The lowest BCUT2D eigenvalue weighted by molar-refractivity contribution is 1.07. The second-order valence-corrected chi connectivity index (χ2v) is 14.3. The normalized spacial score (nSPS) is 11.5. The van der Waals surface area contributed by atoms with Gasteiger partial charge in [0, 0.05) is 49.5 Å². The third-order valence-corrected chi connectivity index (χ3v) is 10.8. The van der Waals surface area contributed by atoms with Crippen molar-refractivity contribution in [3.05, 3.63) is 200 Å². The van der Waals surface area contributed by atoms with Crippen LogP contribution in [0, 0.1) is 0 Å². The van der Waals surface area contributed by atoms with Crippen LogP contribution in [0.2, 0.25) is 0 Å². The molecule has 0 fully saturated rings. The summed E-state index contributed by atoms with van der Waals surface area (Å²) < 4.78 is 2.39. The lowest BCUT2D eigenvalue weighted by Gasteiger charge is -2.13. The van der Waals surface area contributed by atoms with Gasteiger partial charge < -0.3 is 4.57 Å². The fourth-order valence-corrected chi connectivity index (χ4v) is 8.13. The monoisotopic (exact) mass is 727 g/mol. The molecule has 3 heterocycles. The molecule has 0 N–H and O–H groups in total. The van der Waals surface area contributed by atoms with Crippen LogP contribution in [0.4, 0.5) is 0 Å². The minimum Gasteiger partial charge on any atom is -0.307 e. The van der Waals surface area contributed by atoms with Gasteiger partial charge in [-0.3, -0.25) is 0 Å². The zero-order chi connectivity index (χ0) is 37.7. The number of hydrogen-bond acceptors (Lipinski definition) is 4. The van der Waals surface area contributed by atoms with Gasteiger partial charge in [-0.05, 0) is 40.8 Å². The van der Waals surface area contributed by atoms with Crippen molar-refractivity contribution in [1.29, 1.82) is 0 Å². The van der Waals surface area contributed by atoms with E-state index >= 15 is 0 Å². The first-order chi connectivity index (χ1) is 28.3. The van der Waals surface area contributed by atoms with E-state index < -0.39 is 0 Å². The lowest BCUT2D eigenvalue weighted by atomic mass is 9.98. The molecule has 5 heteroatoms. The molecule has 0 aliphatic rings. The second-order valence-electron chi connectivity index (χ2n) is 14.3. The second kappa shape index (κ2) is 13.5. The first-order valence-corrected chi connectivity index (χ1v) is 19.1. The number of benzene rings is 8. The molecule has 57 heavy (non-hydrogen) atoms. The van der Waals surface area contributed by atoms with Gasteiger partial charge in [0.15, 0.2) is 17.5 Å². The van der Waals surface area contributed by atoms with Crippen molar-refractivity contribution in [3.8, 4) is 62.2 Å². The van der Waals surface area contributed by atoms with Crippen molar-refractivity contribution in [2.75, 3.05) is 0 Å². The molecule has 0 radical (unpaired) electrons. The molecule has 0 saturated heterocycles.